The van der Waals surface area contributed by atoms with Crippen molar-refractivity contribution in [2.45, 2.75) is 70.3 Å². The van der Waals surface area contributed by atoms with Gasteiger partial charge in [0.05, 0.1) is 31.6 Å². The van der Waals surface area contributed by atoms with Gasteiger partial charge in [-0.05, 0) is 66.8 Å². The van der Waals surface area contributed by atoms with E-state index in [9.17, 15) is 35.2 Å². The summed E-state index contributed by atoms with van der Waals surface area (Å²) in [6, 6.07) is 10.5. The van der Waals surface area contributed by atoms with Crippen LogP contribution >= 0.6 is 22.9 Å². The third-order valence-corrected chi connectivity index (χ3v) is 10.8. The summed E-state index contributed by atoms with van der Waals surface area (Å²) in [5.41, 5.74) is 11.7. The van der Waals surface area contributed by atoms with Crippen LogP contribution in [0.3, 0.4) is 0 Å². The maximum absolute atomic E-state index is 12.6. The highest BCUT2D eigenvalue weighted by Gasteiger charge is 2.26. The number of aromatic carboxylic acids is 1. The monoisotopic (exact) mass is 851 g/mol. The number of carboxylic acids is 2. The lowest BCUT2D eigenvalue weighted by molar-refractivity contribution is -0.158. The van der Waals surface area contributed by atoms with Crippen LogP contribution in [0, 0.1) is 11.8 Å². The fourth-order valence-electron chi connectivity index (χ4n) is 4.64. The topological polar surface area (TPSA) is 276 Å². The lowest BCUT2D eigenvalue weighted by Gasteiger charge is -2.13. The standard InChI is InChI=1S/C9H8F2N2OS.C9H18O2.C8H7ClN2O4S2.C7H7NO3.CH4/c1-9(10,11)14-5-2-3-6-7(4-5)15-8(12)13-6;1-4-8(5-7(2)3)6-9(10)11;9-5-3-6-8(4-7(5)17(10,14)15)16(12,13)2-1-11-6;8-4-1-2-6(9)5(3-4)7(10)11;/h2-4H,1H3,(H2,12,13);7-8H,4-6H2,1-3H3,(H,10,11);1,3-4H,2H2,(H2,10,14,15);1-3,9H,8H2,(H,10,11);1H4. The molecule has 1 aliphatic rings. The van der Waals surface area contributed by atoms with Crippen molar-refractivity contribution < 1.29 is 55.3 Å². The van der Waals surface area contributed by atoms with E-state index in [1.165, 1.54) is 53.9 Å². The van der Waals surface area contributed by atoms with Gasteiger partial charge in [0.25, 0.3) is 0 Å². The number of hydrogen-bond donors (Lipinski definition) is 6. The molecule has 0 aliphatic carbocycles. The Kier molecular flexibility index (Phi) is 17.9. The number of nitrogens with zero attached hydrogens (tertiary/aromatic N) is 2. The number of nitrogen functional groups attached to an aromatic ring is 2. The van der Waals surface area contributed by atoms with Crippen molar-refractivity contribution in [2.75, 3.05) is 17.2 Å². The second-order valence-electron chi connectivity index (χ2n) is 12.1. The number of hydrogen-bond acceptors (Lipinski definition) is 13. The third-order valence-electron chi connectivity index (χ3n) is 6.95. The van der Waals surface area contributed by atoms with Gasteiger partial charge >= 0.3 is 18.0 Å². The molecular formula is C34H44ClF2N5O10S3. The molecule has 1 unspecified atom stereocenters. The SMILES string of the molecule is C.CC(F)(F)Oc1ccc2nc(N)sc2c1.CCC(CC(=O)O)CC(C)C.NS(=O)(=O)c1cc2c(cc1Cl)N=CCS2(=O)=O.Nc1ccc(O)c(C(=O)O)c1. The molecule has 0 saturated heterocycles. The summed E-state index contributed by atoms with van der Waals surface area (Å²) < 4.78 is 76.1. The number of sulfone groups is 1. The smallest absolute Gasteiger partial charge is 0.394 e. The number of nitrogens with two attached hydrogens (primary N) is 3. The van der Waals surface area contributed by atoms with Gasteiger partial charge in [0.2, 0.25) is 10.0 Å². The van der Waals surface area contributed by atoms with E-state index in [2.05, 4.69) is 35.5 Å². The molecule has 5 rings (SSSR count). The molecule has 9 N–H and O–H groups in total. The number of thiazole rings is 1. The van der Waals surface area contributed by atoms with Crippen LogP contribution in [0.1, 0.15) is 64.7 Å². The molecule has 0 spiro atoms. The number of phenols is 1. The average molecular weight is 852 g/mol. The molecule has 0 radical (unpaired) electrons. The zero-order chi connectivity index (χ0) is 41.2. The number of aromatic hydroxyl groups is 1. The van der Waals surface area contributed by atoms with Crippen LogP contribution < -0.4 is 21.3 Å². The van der Waals surface area contributed by atoms with E-state index in [1.54, 1.807) is 6.07 Å². The van der Waals surface area contributed by atoms with Gasteiger partial charge in [-0.2, -0.15) is 8.78 Å². The van der Waals surface area contributed by atoms with Gasteiger partial charge < -0.3 is 31.5 Å². The van der Waals surface area contributed by atoms with Crippen molar-refractivity contribution in [3.05, 3.63) is 59.1 Å². The Morgan fingerprint density at radius 1 is 1.09 bits per heavy atom. The maximum atomic E-state index is 12.6. The lowest BCUT2D eigenvalue weighted by Crippen LogP contribution is -2.18. The van der Waals surface area contributed by atoms with Crippen molar-refractivity contribution in [1.29, 1.82) is 0 Å². The molecular weight excluding hydrogens is 808 g/mol. The molecule has 304 valence electrons. The van der Waals surface area contributed by atoms with Gasteiger partial charge in [0, 0.05) is 25.2 Å². The molecule has 1 aromatic heterocycles. The van der Waals surface area contributed by atoms with Gasteiger partial charge in [0.15, 0.2) is 15.0 Å². The van der Waals surface area contributed by atoms with E-state index in [-0.39, 0.29) is 45.8 Å². The van der Waals surface area contributed by atoms with Crippen LogP contribution in [0.4, 0.5) is 25.3 Å². The number of aliphatic imine (C=N–C) groups is 1. The largest absolute Gasteiger partial charge is 0.507 e. The number of aromatic nitrogens is 1. The summed E-state index contributed by atoms with van der Waals surface area (Å²) >= 11 is 6.95. The Morgan fingerprint density at radius 3 is 2.24 bits per heavy atom. The molecule has 0 bridgehead atoms. The van der Waals surface area contributed by atoms with E-state index >= 15 is 0 Å². The second-order valence-corrected chi connectivity index (χ2v) is 17.1. The number of carboxylic acid groups (broad SMARTS) is 2. The number of aliphatic carboxylic acids is 1. The molecule has 0 fully saturated rings. The number of fused-ring (bicyclic) bond motifs is 2. The molecule has 55 heavy (non-hydrogen) atoms. The second kappa shape index (κ2) is 20.3. The highest BCUT2D eigenvalue weighted by Crippen LogP contribution is 2.35. The molecule has 21 heteroatoms. The normalized spacial score (nSPS) is 13.3. The molecule has 1 atom stereocenters. The van der Waals surface area contributed by atoms with Crippen molar-refractivity contribution >= 4 is 87.7 Å². The minimum absolute atomic E-state index is 0. The Labute approximate surface area is 326 Å². The van der Waals surface area contributed by atoms with Crippen LogP contribution in [0.2, 0.25) is 5.02 Å². The number of ether oxygens (including phenoxy) is 1. The number of rotatable bonds is 9. The zero-order valence-electron chi connectivity index (χ0n) is 29.4. The summed E-state index contributed by atoms with van der Waals surface area (Å²) in [7, 11) is -7.63. The Hall–Kier alpha value is -4.63. The van der Waals surface area contributed by atoms with Crippen molar-refractivity contribution in [3.63, 3.8) is 0 Å². The zero-order valence-corrected chi connectivity index (χ0v) is 32.6. The first kappa shape index (κ1) is 48.4. The molecule has 1 aliphatic heterocycles. The van der Waals surface area contributed by atoms with Crippen LogP contribution in [-0.2, 0) is 24.7 Å². The van der Waals surface area contributed by atoms with Gasteiger partial charge in [0.1, 0.15) is 22.0 Å². The number of carbonyl (C=O) groups is 2. The molecule has 2 heterocycles. The summed E-state index contributed by atoms with van der Waals surface area (Å²) in [4.78, 5) is 28.0. The summed E-state index contributed by atoms with van der Waals surface area (Å²) in [5, 5.41) is 31.2. The van der Waals surface area contributed by atoms with E-state index < -0.39 is 42.8 Å². The van der Waals surface area contributed by atoms with Crippen LogP contribution in [0.25, 0.3) is 10.2 Å². The predicted octanol–water partition coefficient (Wildman–Crippen LogP) is 7.19. The van der Waals surface area contributed by atoms with E-state index in [4.69, 9.17) is 43.5 Å². The van der Waals surface area contributed by atoms with Gasteiger partial charge in [-0.15, -0.1) is 0 Å². The molecule has 15 nitrogen and oxygen atoms in total. The highest BCUT2D eigenvalue weighted by molar-refractivity contribution is 7.92. The first-order chi connectivity index (χ1) is 24.8. The highest BCUT2D eigenvalue weighted by atomic mass is 35.5. The molecule has 0 amide bonds. The van der Waals surface area contributed by atoms with Crippen LogP contribution in [-0.4, -0.2) is 67.2 Å². The minimum atomic E-state index is -4.07. The van der Waals surface area contributed by atoms with Gasteiger partial charge in [-0.1, -0.05) is 57.6 Å². The third kappa shape index (κ3) is 15.9. The number of benzene rings is 3. The van der Waals surface area contributed by atoms with Crippen molar-refractivity contribution in [3.8, 4) is 11.5 Å². The summed E-state index contributed by atoms with van der Waals surface area (Å²) in [5.74, 6) is -1.31. The average Bonchev–Trinajstić information content (AvgIpc) is 3.39. The molecule has 4 aromatic rings. The van der Waals surface area contributed by atoms with E-state index in [0.717, 1.165) is 23.6 Å². The molecule has 3 aromatic carbocycles. The number of primary sulfonamides is 1. The maximum Gasteiger partial charge on any atom is 0.394 e. The number of anilines is 2. The summed E-state index contributed by atoms with van der Waals surface area (Å²) in [6.45, 7) is 7.00. The number of alkyl halides is 2. The lowest BCUT2D eigenvalue weighted by atomic mass is 9.92. The summed E-state index contributed by atoms with van der Waals surface area (Å²) in [6.07, 6.45) is 0.385. The minimum Gasteiger partial charge on any atom is -0.507 e. The molecule has 0 saturated carbocycles. The Bertz CT molecular complexity index is 2210. The Morgan fingerprint density at radius 2 is 1.73 bits per heavy atom. The van der Waals surface area contributed by atoms with E-state index in [1.807, 2.05) is 0 Å². The van der Waals surface area contributed by atoms with Crippen molar-refractivity contribution in [2.24, 2.45) is 22.0 Å². The predicted molar refractivity (Wildman–Crippen MR) is 210 cm³/mol. The number of sulfonamides is 1. The number of halogens is 3. The van der Waals surface area contributed by atoms with Gasteiger partial charge in [-0.3, -0.25) is 9.79 Å². The Balaban J connectivity index is 0.000000372. The van der Waals surface area contributed by atoms with Crippen molar-refractivity contribution in [1.82, 2.24) is 4.98 Å². The fourth-order valence-corrected chi connectivity index (χ4v) is 7.75. The van der Waals surface area contributed by atoms with Crippen LogP contribution in [0.5, 0.6) is 11.5 Å². The van der Waals surface area contributed by atoms with Crippen LogP contribution in [0.15, 0.2) is 63.3 Å². The fraction of sp³-hybridized carbons (Fsp3) is 0.353. The van der Waals surface area contributed by atoms with Gasteiger partial charge in [-0.25, -0.2) is 31.8 Å². The quantitative estimate of drug-likeness (QED) is 0.0719. The van der Waals surface area contributed by atoms with E-state index in [0.29, 0.717) is 41.5 Å². The first-order valence-electron chi connectivity index (χ1n) is 15.7. The first-order valence-corrected chi connectivity index (χ1v) is 20.1.